The number of hydrogen-bond acceptors (Lipinski definition) is 4. The molecule has 54 heavy (non-hydrogen) atoms. The Morgan fingerprint density at radius 1 is 0.667 bits per heavy atom. The molecule has 0 amide bonds. The number of unbranched alkanes of at least 4 members (excludes halogenated alkanes) is 8. The third-order valence-electron chi connectivity index (χ3n) is 8.34. The largest absolute Gasteiger partial charge is 0.508 e. The molecular weight excluding hydrogens is 684 g/mol. The molecule has 1 aliphatic rings. The van der Waals surface area contributed by atoms with Gasteiger partial charge in [0.2, 0.25) is 11.5 Å². The van der Waals surface area contributed by atoms with E-state index < -0.39 is 7.26 Å². The highest BCUT2D eigenvalue weighted by atomic mass is 31.2. The van der Waals surface area contributed by atoms with Gasteiger partial charge in [-0.25, -0.2) is 0 Å². The fraction of sp³-hybridized carbons (Fsp3) is 0.592. The zero-order valence-electron chi connectivity index (χ0n) is 37.8. The summed E-state index contributed by atoms with van der Waals surface area (Å²) in [6, 6.07) is 12.0. The third kappa shape index (κ3) is 28.5. The predicted molar refractivity (Wildman–Crippen MR) is 248 cm³/mol. The zero-order chi connectivity index (χ0) is 41.9. The van der Waals surface area contributed by atoms with E-state index in [1.165, 1.54) is 78.2 Å². The van der Waals surface area contributed by atoms with Crippen molar-refractivity contribution in [3.8, 4) is 0 Å². The van der Waals surface area contributed by atoms with Crippen LogP contribution in [-0.4, -0.2) is 37.3 Å². The minimum Gasteiger partial charge on any atom is -0.508 e. The molecule has 5 heteroatoms. The Balaban J connectivity index is -0.000000396. The molecule has 1 aliphatic carbocycles. The monoisotopic (exact) mass is 772 g/mol. The molecule has 1 unspecified atom stereocenters. The lowest BCUT2D eigenvalue weighted by Crippen LogP contribution is -2.04. The Labute approximate surface area is 337 Å². The molecule has 0 heterocycles. The van der Waals surface area contributed by atoms with Crippen molar-refractivity contribution in [3.05, 3.63) is 119 Å². The number of methoxy groups -OCH3 is 2. The summed E-state index contributed by atoms with van der Waals surface area (Å²) in [6.07, 6.45) is 37.1. The molecule has 0 fully saturated rings. The summed E-state index contributed by atoms with van der Waals surface area (Å²) >= 11 is 0. The van der Waals surface area contributed by atoms with Crippen molar-refractivity contribution in [2.24, 2.45) is 0 Å². The van der Waals surface area contributed by atoms with Crippen LogP contribution in [0.15, 0.2) is 119 Å². The van der Waals surface area contributed by atoms with Gasteiger partial charge in [-0.1, -0.05) is 181 Å². The minimum absolute atomic E-state index is 0.0596. The van der Waals surface area contributed by atoms with E-state index >= 15 is 0 Å². The van der Waals surface area contributed by atoms with Crippen molar-refractivity contribution in [2.45, 2.75) is 166 Å². The fourth-order valence-electron chi connectivity index (χ4n) is 5.50. The molecule has 0 saturated carbocycles. The van der Waals surface area contributed by atoms with Crippen molar-refractivity contribution in [1.82, 2.24) is 0 Å². The van der Waals surface area contributed by atoms with E-state index in [1.807, 2.05) is 77.9 Å². The smallest absolute Gasteiger partial charge is 0.202 e. The van der Waals surface area contributed by atoms with E-state index in [4.69, 9.17) is 9.47 Å². The molecule has 0 aliphatic heterocycles. The van der Waals surface area contributed by atoms with Gasteiger partial charge >= 0.3 is 0 Å². The van der Waals surface area contributed by atoms with Gasteiger partial charge in [-0.2, -0.15) is 0 Å². The van der Waals surface area contributed by atoms with E-state index in [-0.39, 0.29) is 23.0 Å². The lowest BCUT2D eigenvalue weighted by molar-refractivity contribution is 0.180. The van der Waals surface area contributed by atoms with Crippen molar-refractivity contribution in [3.63, 3.8) is 0 Å². The van der Waals surface area contributed by atoms with Crippen LogP contribution < -0.4 is 0 Å². The number of allylic oxidation sites excluding steroid dienone is 12. The molecule has 2 rings (SSSR count). The normalized spacial score (nSPS) is 15.5. The SMILES string of the molecule is C/C=C\C(=C/CC)[P+](C)(CCCCCCCCCCC)/C1=C/C/C=C\C=CC1.CC.CC.CC.CC/C(O)=C(OC)\C(OC)=C(\O)CC.c1ccccc1. The summed E-state index contributed by atoms with van der Waals surface area (Å²) in [5.41, 5.74) is 0. The van der Waals surface area contributed by atoms with E-state index in [0.717, 1.165) is 19.3 Å². The molecule has 2 N–H and O–H groups in total. The first-order valence-electron chi connectivity index (χ1n) is 21.4. The van der Waals surface area contributed by atoms with Gasteiger partial charge in [0.1, 0.15) is 11.5 Å². The van der Waals surface area contributed by atoms with E-state index in [1.54, 1.807) is 24.5 Å². The van der Waals surface area contributed by atoms with E-state index in [2.05, 4.69) is 76.0 Å². The number of rotatable bonds is 19. The van der Waals surface area contributed by atoms with Gasteiger partial charge in [-0.05, 0) is 50.8 Å². The van der Waals surface area contributed by atoms with Crippen LogP contribution in [0.4, 0.5) is 0 Å². The average molecular weight is 772 g/mol. The van der Waals surface area contributed by atoms with Crippen LogP contribution >= 0.6 is 7.26 Å². The topological polar surface area (TPSA) is 58.9 Å². The van der Waals surface area contributed by atoms with Crippen LogP contribution in [-0.2, 0) is 9.47 Å². The first kappa shape index (κ1) is 57.7. The molecule has 1 atom stereocenters. The van der Waals surface area contributed by atoms with Crippen LogP contribution in [0.2, 0.25) is 0 Å². The summed E-state index contributed by atoms with van der Waals surface area (Å²) in [6.45, 7) is 24.9. The molecule has 4 nitrogen and oxygen atoms in total. The molecule has 0 spiro atoms. The number of benzene rings is 1. The van der Waals surface area contributed by atoms with Crippen LogP contribution in [0.1, 0.15) is 166 Å². The molecule has 0 saturated heterocycles. The third-order valence-corrected chi connectivity index (χ3v) is 12.7. The maximum Gasteiger partial charge on any atom is 0.202 e. The molecule has 0 radical (unpaired) electrons. The molecule has 0 aromatic heterocycles. The second-order valence-electron chi connectivity index (χ2n) is 12.1. The van der Waals surface area contributed by atoms with Gasteiger partial charge in [-0.15, -0.1) is 0 Å². The van der Waals surface area contributed by atoms with Gasteiger partial charge in [0.05, 0.1) is 44.9 Å². The second-order valence-corrected chi connectivity index (χ2v) is 16.0. The first-order valence-corrected chi connectivity index (χ1v) is 23.9. The lowest BCUT2D eigenvalue weighted by Gasteiger charge is -2.27. The average Bonchev–Trinajstić information content (AvgIpc) is 3.21. The van der Waals surface area contributed by atoms with E-state index in [0.29, 0.717) is 12.8 Å². The molecule has 0 bridgehead atoms. The Bertz CT molecular complexity index is 1100. The minimum atomic E-state index is -1.26. The van der Waals surface area contributed by atoms with Crippen LogP contribution in [0, 0.1) is 0 Å². The summed E-state index contributed by atoms with van der Waals surface area (Å²) in [7, 11) is 1.58. The molecule has 312 valence electrons. The van der Waals surface area contributed by atoms with Crippen LogP contribution in [0.25, 0.3) is 0 Å². The van der Waals surface area contributed by atoms with Gasteiger partial charge < -0.3 is 19.7 Å². The Morgan fingerprint density at radius 3 is 1.48 bits per heavy atom. The quantitative estimate of drug-likeness (QED) is 0.0636. The van der Waals surface area contributed by atoms with Gasteiger partial charge in [0.25, 0.3) is 0 Å². The van der Waals surface area contributed by atoms with Gasteiger partial charge in [-0.3, -0.25) is 0 Å². The molecule has 1 aromatic rings. The van der Waals surface area contributed by atoms with Crippen molar-refractivity contribution < 1.29 is 19.7 Å². The highest BCUT2D eigenvalue weighted by molar-refractivity contribution is 7.83. The number of aliphatic hydroxyl groups is 2. The zero-order valence-corrected chi connectivity index (χ0v) is 38.7. The van der Waals surface area contributed by atoms with Crippen molar-refractivity contribution >= 4 is 7.26 Å². The predicted octanol–water partition coefficient (Wildman–Crippen LogP) is 17.2. The Hall–Kier alpha value is -2.97. The maximum atomic E-state index is 9.49. The molecular formula is C49H88O4P+. The van der Waals surface area contributed by atoms with Crippen LogP contribution in [0.5, 0.6) is 0 Å². The summed E-state index contributed by atoms with van der Waals surface area (Å²) in [5.74, 6) is 0.498. The Morgan fingerprint density at radius 2 is 1.09 bits per heavy atom. The standard InChI is InChI=1S/C27H46P.C10H18O4.C6H6.3C2H6/c1-5-8-9-10-11-12-13-17-20-25-28(4,26(21-6-2)22-7-3)27-23-18-15-14-16-19-24-27;1-5-7(11)9(13-3)10(14-4)8(12)6-2;1-2-4-6-5-3-1;3*1-2/h6,14-16,18,21-22,24H,5,7-13,17,19-20,23,25H2,1-4H3;11-12H,5-6H2,1-4H3;1-6H;3*1-2H3/q+1;;;;;/b16-14-,18-15?,21-6-,26-22+,27-24+;9-7-,10-8-;;;;. The fourth-order valence-corrected chi connectivity index (χ4v) is 9.31. The lowest BCUT2D eigenvalue weighted by atomic mass is 10.1. The number of ether oxygens (including phenoxy) is 2. The summed E-state index contributed by atoms with van der Waals surface area (Å²) < 4.78 is 9.93. The van der Waals surface area contributed by atoms with Crippen LogP contribution in [0.3, 0.4) is 0 Å². The van der Waals surface area contributed by atoms with Crippen molar-refractivity contribution in [1.29, 1.82) is 0 Å². The second kappa shape index (κ2) is 44.4. The first-order chi connectivity index (χ1) is 26.3. The van der Waals surface area contributed by atoms with Gasteiger partial charge in [0.15, 0.2) is 0 Å². The number of hydrogen-bond donors (Lipinski definition) is 2. The summed E-state index contributed by atoms with van der Waals surface area (Å²) in [5, 5.41) is 22.3. The maximum absolute atomic E-state index is 9.49. The van der Waals surface area contributed by atoms with E-state index in [9.17, 15) is 10.2 Å². The van der Waals surface area contributed by atoms with Crippen molar-refractivity contribution in [2.75, 3.05) is 27.0 Å². The number of aliphatic hydroxyl groups excluding tert-OH is 2. The highest BCUT2D eigenvalue weighted by Gasteiger charge is 2.38. The molecule has 1 aromatic carbocycles. The van der Waals surface area contributed by atoms with Gasteiger partial charge in [0, 0.05) is 19.3 Å². The summed E-state index contributed by atoms with van der Waals surface area (Å²) in [4.78, 5) is 0. The Kier molecular flexibility index (Phi) is 47.5. The highest BCUT2D eigenvalue weighted by Crippen LogP contribution is 2.71.